The fraction of sp³-hybridized carbons (Fsp3) is 0.714. The van der Waals surface area contributed by atoms with Gasteiger partial charge in [-0.05, 0) is 44.9 Å². The van der Waals surface area contributed by atoms with Crippen molar-refractivity contribution in [3.63, 3.8) is 0 Å². The van der Waals surface area contributed by atoms with Crippen molar-refractivity contribution >= 4 is 11.8 Å². The maximum Gasteiger partial charge on any atom is 0.226 e. The molecule has 0 saturated carbocycles. The Morgan fingerprint density at radius 3 is 2.12 bits per heavy atom. The van der Waals surface area contributed by atoms with E-state index in [2.05, 4.69) is 36.1 Å². The predicted molar refractivity (Wildman–Crippen MR) is 100.0 cm³/mol. The van der Waals surface area contributed by atoms with Crippen LogP contribution in [0.5, 0.6) is 0 Å². The topological polar surface area (TPSA) is 40.6 Å². The maximum absolute atomic E-state index is 13.0. The lowest BCUT2D eigenvalue weighted by atomic mass is 9.90. The van der Waals surface area contributed by atoms with Crippen LogP contribution in [0, 0.1) is 11.8 Å². The number of rotatable bonds is 4. The standard InChI is InChI=1S/C21H32N2O2/c1-2-9-19-16-22(20(24)17-10-5-3-6-11-17)14-15-23(19)21(25)18-12-7-4-8-13-18/h3-5,7,17-19H,2,6,8-16H2,1H3/t17-,18+,19-/m1/s1. The van der Waals surface area contributed by atoms with Gasteiger partial charge in [0.05, 0.1) is 0 Å². The van der Waals surface area contributed by atoms with E-state index in [0.29, 0.717) is 24.9 Å². The summed E-state index contributed by atoms with van der Waals surface area (Å²) in [4.78, 5) is 30.0. The Balaban J connectivity index is 1.63. The summed E-state index contributed by atoms with van der Waals surface area (Å²) >= 11 is 0. The normalized spacial score (nSPS) is 29.7. The van der Waals surface area contributed by atoms with Crippen molar-refractivity contribution in [3.8, 4) is 0 Å². The number of hydrogen-bond acceptors (Lipinski definition) is 2. The van der Waals surface area contributed by atoms with Gasteiger partial charge in [-0.2, -0.15) is 0 Å². The van der Waals surface area contributed by atoms with Gasteiger partial charge in [0.1, 0.15) is 0 Å². The first kappa shape index (κ1) is 18.2. The second-order valence-electron chi connectivity index (χ2n) is 7.72. The van der Waals surface area contributed by atoms with Crippen LogP contribution < -0.4 is 0 Å². The van der Waals surface area contributed by atoms with Gasteiger partial charge in [0.15, 0.2) is 0 Å². The SMILES string of the molecule is CCC[C@@H]1CN(C(=O)[C@@H]2CC=CCC2)CCN1C(=O)[C@H]1CC=CCC1. The van der Waals surface area contributed by atoms with E-state index in [1.54, 1.807) is 0 Å². The molecule has 0 spiro atoms. The minimum atomic E-state index is 0.148. The van der Waals surface area contributed by atoms with E-state index in [-0.39, 0.29) is 17.9 Å². The Morgan fingerprint density at radius 1 is 0.920 bits per heavy atom. The van der Waals surface area contributed by atoms with Crippen LogP contribution in [0.15, 0.2) is 24.3 Å². The van der Waals surface area contributed by atoms with Gasteiger partial charge in [0, 0.05) is 37.5 Å². The Morgan fingerprint density at radius 2 is 1.56 bits per heavy atom. The third-order valence-electron chi connectivity index (χ3n) is 5.94. The lowest BCUT2D eigenvalue weighted by molar-refractivity contribution is -0.148. The summed E-state index contributed by atoms with van der Waals surface area (Å²) in [6.07, 6.45) is 16.4. The van der Waals surface area contributed by atoms with Crippen molar-refractivity contribution in [1.29, 1.82) is 0 Å². The molecule has 1 fully saturated rings. The highest BCUT2D eigenvalue weighted by Crippen LogP contribution is 2.26. The molecule has 0 radical (unpaired) electrons. The second kappa shape index (κ2) is 8.68. The average molecular weight is 344 g/mol. The molecule has 2 aliphatic carbocycles. The summed E-state index contributed by atoms with van der Waals surface area (Å²) < 4.78 is 0. The molecule has 3 atom stereocenters. The van der Waals surface area contributed by atoms with Crippen LogP contribution in [0.3, 0.4) is 0 Å². The Labute approximate surface area is 151 Å². The molecule has 25 heavy (non-hydrogen) atoms. The molecule has 0 N–H and O–H groups in total. The summed E-state index contributed by atoms with van der Waals surface area (Å²) in [6, 6.07) is 0.195. The predicted octanol–water partition coefficient (Wildman–Crippen LogP) is 3.54. The fourth-order valence-electron chi connectivity index (χ4n) is 4.45. The van der Waals surface area contributed by atoms with Crippen LogP contribution in [0.2, 0.25) is 0 Å². The van der Waals surface area contributed by atoms with Crippen LogP contribution in [0.25, 0.3) is 0 Å². The number of carbonyl (C=O) groups is 2. The molecule has 1 aliphatic heterocycles. The third-order valence-corrected chi connectivity index (χ3v) is 5.94. The monoisotopic (exact) mass is 344 g/mol. The minimum absolute atomic E-state index is 0.148. The van der Waals surface area contributed by atoms with E-state index < -0.39 is 0 Å². The van der Waals surface area contributed by atoms with Crippen molar-refractivity contribution in [2.45, 2.75) is 64.3 Å². The van der Waals surface area contributed by atoms with E-state index in [9.17, 15) is 9.59 Å². The molecule has 138 valence electrons. The quantitative estimate of drug-likeness (QED) is 0.732. The number of carbonyl (C=O) groups excluding carboxylic acids is 2. The molecule has 0 aromatic rings. The smallest absolute Gasteiger partial charge is 0.226 e. The molecule has 2 amide bonds. The minimum Gasteiger partial charge on any atom is -0.339 e. The highest BCUT2D eigenvalue weighted by atomic mass is 16.2. The van der Waals surface area contributed by atoms with Gasteiger partial charge in [-0.15, -0.1) is 0 Å². The Hall–Kier alpha value is -1.58. The molecule has 4 nitrogen and oxygen atoms in total. The molecular formula is C21H32N2O2. The zero-order valence-electron chi connectivity index (χ0n) is 15.5. The first-order valence-electron chi connectivity index (χ1n) is 10.1. The van der Waals surface area contributed by atoms with E-state index >= 15 is 0 Å². The summed E-state index contributed by atoms with van der Waals surface area (Å²) in [5, 5.41) is 0. The van der Waals surface area contributed by atoms with Crippen LogP contribution in [-0.4, -0.2) is 47.3 Å². The molecule has 1 heterocycles. The third kappa shape index (κ3) is 4.34. The van der Waals surface area contributed by atoms with Crippen LogP contribution in [0.1, 0.15) is 58.3 Å². The summed E-state index contributed by atoms with van der Waals surface area (Å²) in [6.45, 7) is 4.30. The van der Waals surface area contributed by atoms with Crippen LogP contribution in [0.4, 0.5) is 0 Å². The molecule has 0 bridgehead atoms. The van der Waals surface area contributed by atoms with Crippen LogP contribution in [-0.2, 0) is 9.59 Å². The van der Waals surface area contributed by atoms with Gasteiger partial charge < -0.3 is 9.80 Å². The summed E-state index contributed by atoms with van der Waals surface area (Å²) in [5.74, 6) is 0.918. The van der Waals surface area contributed by atoms with Crippen molar-refractivity contribution in [1.82, 2.24) is 9.80 Å². The van der Waals surface area contributed by atoms with Gasteiger partial charge in [0.2, 0.25) is 11.8 Å². The molecule has 0 aromatic carbocycles. The molecule has 0 unspecified atom stereocenters. The lowest BCUT2D eigenvalue weighted by Gasteiger charge is -2.44. The van der Waals surface area contributed by atoms with E-state index in [4.69, 9.17) is 0 Å². The van der Waals surface area contributed by atoms with Gasteiger partial charge in [-0.25, -0.2) is 0 Å². The number of nitrogens with zero attached hydrogens (tertiary/aromatic N) is 2. The second-order valence-corrected chi connectivity index (χ2v) is 7.72. The van der Waals surface area contributed by atoms with Crippen LogP contribution >= 0.6 is 0 Å². The van der Waals surface area contributed by atoms with E-state index in [0.717, 1.165) is 57.9 Å². The molecule has 1 saturated heterocycles. The highest BCUT2D eigenvalue weighted by molar-refractivity contribution is 5.81. The summed E-state index contributed by atoms with van der Waals surface area (Å²) in [5.41, 5.74) is 0. The first-order chi connectivity index (χ1) is 12.2. The largest absolute Gasteiger partial charge is 0.339 e. The van der Waals surface area contributed by atoms with Gasteiger partial charge in [0.25, 0.3) is 0 Å². The Kier molecular flexibility index (Phi) is 6.33. The number of hydrogen-bond donors (Lipinski definition) is 0. The number of amides is 2. The van der Waals surface area contributed by atoms with Crippen molar-refractivity contribution in [2.75, 3.05) is 19.6 Å². The lowest BCUT2D eigenvalue weighted by Crippen LogP contribution is -2.58. The van der Waals surface area contributed by atoms with Crippen molar-refractivity contribution in [2.24, 2.45) is 11.8 Å². The van der Waals surface area contributed by atoms with Gasteiger partial charge >= 0.3 is 0 Å². The molecule has 3 aliphatic rings. The molecule has 0 aromatic heterocycles. The summed E-state index contributed by atoms with van der Waals surface area (Å²) in [7, 11) is 0. The molecule has 4 heteroatoms. The fourth-order valence-corrected chi connectivity index (χ4v) is 4.45. The maximum atomic E-state index is 13.0. The zero-order valence-corrected chi connectivity index (χ0v) is 15.5. The molecular weight excluding hydrogens is 312 g/mol. The Bertz CT molecular complexity index is 540. The van der Waals surface area contributed by atoms with Gasteiger partial charge in [-0.1, -0.05) is 37.6 Å². The first-order valence-corrected chi connectivity index (χ1v) is 10.1. The highest BCUT2D eigenvalue weighted by Gasteiger charge is 2.36. The van der Waals surface area contributed by atoms with Gasteiger partial charge in [-0.3, -0.25) is 9.59 Å². The van der Waals surface area contributed by atoms with E-state index in [1.807, 2.05) is 4.90 Å². The average Bonchev–Trinajstić information content (AvgIpc) is 2.68. The van der Waals surface area contributed by atoms with Crippen molar-refractivity contribution < 1.29 is 9.59 Å². The zero-order chi connectivity index (χ0) is 17.6. The number of piperazine rings is 1. The molecule has 3 rings (SSSR count). The van der Waals surface area contributed by atoms with Crippen molar-refractivity contribution in [3.05, 3.63) is 24.3 Å². The number of allylic oxidation sites excluding steroid dienone is 4. The van der Waals surface area contributed by atoms with E-state index in [1.165, 1.54) is 0 Å².